The normalized spacial score (nSPS) is 12.7. The number of furan rings is 1. The zero-order valence-electron chi connectivity index (χ0n) is 9.54. The first kappa shape index (κ1) is 13.5. The molecule has 0 radical (unpaired) electrons. The average molecular weight is 288 g/mol. The molecule has 4 heteroatoms. The topological polar surface area (TPSA) is 56.2 Å². The van der Waals surface area contributed by atoms with Gasteiger partial charge in [0.1, 0.15) is 0 Å². The van der Waals surface area contributed by atoms with E-state index in [0.29, 0.717) is 24.6 Å². The van der Waals surface area contributed by atoms with Gasteiger partial charge in [-0.2, -0.15) is 0 Å². The Bertz CT molecular complexity index is 336. The molecule has 0 bridgehead atoms. The van der Waals surface area contributed by atoms with Gasteiger partial charge >= 0.3 is 0 Å². The van der Waals surface area contributed by atoms with Crippen molar-refractivity contribution in [1.29, 1.82) is 0 Å². The molecule has 0 saturated carbocycles. The average Bonchev–Trinajstić information content (AvgIpc) is 2.70. The number of carbonyl (C=O) groups is 1. The first-order valence-corrected chi connectivity index (χ1v) is 6.44. The summed E-state index contributed by atoms with van der Waals surface area (Å²) in [5, 5.41) is 0. The zero-order chi connectivity index (χ0) is 12.0. The van der Waals surface area contributed by atoms with E-state index in [1.54, 1.807) is 6.07 Å². The van der Waals surface area contributed by atoms with Crippen molar-refractivity contribution in [2.75, 3.05) is 6.54 Å². The van der Waals surface area contributed by atoms with E-state index < -0.39 is 0 Å². The monoisotopic (exact) mass is 287 g/mol. The van der Waals surface area contributed by atoms with E-state index in [1.165, 1.54) is 6.26 Å². The highest BCUT2D eigenvalue weighted by molar-refractivity contribution is 9.10. The first-order valence-electron chi connectivity index (χ1n) is 5.65. The zero-order valence-corrected chi connectivity index (χ0v) is 11.1. The minimum Gasteiger partial charge on any atom is -0.460 e. The molecule has 1 aromatic rings. The van der Waals surface area contributed by atoms with Gasteiger partial charge in [0, 0.05) is 6.42 Å². The van der Waals surface area contributed by atoms with Gasteiger partial charge in [0.25, 0.3) is 0 Å². The van der Waals surface area contributed by atoms with Crippen LogP contribution in [0.25, 0.3) is 0 Å². The van der Waals surface area contributed by atoms with Gasteiger partial charge in [-0.3, -0.25) is 4.79 Å². The molecule has 0 amide bonds. The molecule has 1 atom stereocenters. The van der Waals surface area contributed by atoms with Crippen LogP contribution in [-0.2, 0) is 0 Å². The van der Waals surface area contributed by atoms with Crippen LogP contribution < -0.4 is 5.73 Å². The lowest BCUT2D eigenvalue weighted by Crippen LogP contribution is -2.10. The highest BCUT2D eigenvalue weighted by Crippen LogP contribution is 2.22. The van der Waals surface area contributed by atoms with Gasteiger partial charge in [-0.15, -0.1) is 0 Å². The molecular formula is C12H18BrNO2. The molecule has 1 aromatic heterocycles. The van der Waals surface area contributed by atoms with Gasteiger partial charge < -0.3 is 10.2 Å². The highest BCUT2D eigenvalue weighted by Gasteiger charge is 2.15. The molecule has 0 aliphatic carbocycles. The van der Waals surface area contributed by atoms with E-state index >= 15 is 0 Å². The van der Waals surface area contributed by atoms with Crippen LogP contribution in [0.15, 0.2) is 21.2 Å². The maximum atomic E-state index is 11.8. The molecule has 0 aliphatic heterocycles. The molecule has 0 aliphatic rings. The van der Waals surface area contributed by atoms with E-state index in [9.17, 15) is 4.79 Å². The van der Waals surface area contributed by atoms with Crippen LogP contribution in [0.1, 0.15) is 43.2 Å². The van der Waals surface area contributed by atoms with Crippen LogP contribution in [-0.4, -0.2) is 12.3 Å². The number of halogens is 1. The Morgan fingerprint density at radius 3 is 2.81 bits per heavy atom. The molecule has 1 rings (SSSR count). The van der Waals surface area contributed by atoms with Gasteiger partial charge in [0.2, 0.25) is 0 Å². The SMILES string of the molecule is CCC(CCN)CCC(=O)c1occc1Br. The second-order valence-corrected chi connectivity index (χ2v) is 4.77. The lowest BCUT2D eigenvalue weighted by Gasteiger charge is -2.12. The van der Waals surface area contributed by atoms with Gasteiger partial charge in [-0.1, -0.05) is 13.3 Å². The van der Waals surface area contributed by atoms with E-state index in [0.717, 1.165) is 23.7 Å². The Kier molecular flexibility index (Phi) is 5.77. The number of carbonyl (C=O) groups excluding carboxylic acids is 1. The van der Waals surface area contributed by atoms with Gasteiger partial charge in [0.05, 0.1) is 10.7 Å². The third kappa shape index (κ3) is 3.76. The fraction of sp³-hybridized carbons (Fsp3) is 0.583. The number of rotatable bonds is 7. The lowest BCUT2D eigenvalue weighted by molar-refractivity contribution is 0.0944. The number of nitrogens with two attached hydrogens (primary N) is 1. The van der Waals surface area contributed by atoms with Crippen LogP contribution in [0, 0.1) is 5.92 Å². The molecule has 0 aromatic carbocycles. The Morgan fingerprint density at radius 2 is 2.31 bits per heavy atom. The van der Waals surface area contributed by atoms with Gasteiger partial charge in [-0.05, 0) is 47.3 Å². The van der Waals surface area contributed by atoms with E-state index in [4.69, 9.17) is 10.2 Å². The molecular weight excluding hydrogens is 270 g/mol. The van der Waals surface area contributed by atoms with E-state index in [1.807, 2.05) is 0 Å². The van der Waals surface area contributed by atoms with Crippen LogP contribution in [0.4, 0.5) is 0 Å². The maximum Gasteiger partial charge on any atom is 0.199 e. The summed E-state index contributed by atoms with van der Waals surface area (Å²) >= 11 is 3.29. The lowest BCUT2D eigenvalue weighted by atomic mass is 9.95. The first-order chi connectivity index (χ1) is 7.69. The van der Waals surface area contributed by atoms with E-state index in [-0.39, 0.29) is 5.78 Å². The molecule has 1 heterocycles. The van der Waals surface area contributed by atoms with Crippen LogP contribution >= 0.6 is 15.9 Å². The molecule has 0 fully saturated rings. The fourth-order valence-corrected chi connectivity index (χ4v) is 2.15. The minimum atomic E-state index is 0.0624. The Hall–Kier alpha value is -0.610. The van der Waals surface area contributed by atoms with E-state index in [2.05, 4.69) is 22.9 Å². The number of hydrogen-bond donors (Lipinski definition) is 1. The van der Waals surface area contributed by atoms with Gasteiger partial charge in [0.15, 0.2) is 11.5 Å². The molecule has 0 spiro atoms. The quantitative estimate of drug-likeness (QED) is 0.782. The summed E-state index contributed by atoms with van der Waals surface area (Å²) < 4.78 is 5.87. The van der Waals surface area contributed by atoms with Crippen molar-refractivity contribution in [3.63, 3.8) is 0 Å². The maximum absolute atomic E-state index is 11.8. The van der Waals surface area contributed by atoms with Crippen molar-refractivity contribution in [1.82, 2.24) is 0 Å². The molecule has 0 saturated heterocycles. The van der Waals surface area contributed by atoms with Crippen LogP contribution in [0.3, 0.4) is 0 Å². The summed E-state index contributed by atoms with van der Waals surface area (Å²) in [5.74, 6) is 1.04. The Morgan fingerprint density at radius 1 is 1.56 bits per heavy atom. The Labute approximate surface area is 105 Å². The second-order valence-electron chi connectivity index (χ2n) is 3.91. The summed E-state index contributed by atoms with van der Waals surface area (Å²) in [7, 11) is 0. The number of Topliss-reactive ketones (excluding diaryl/α,β-unsaturated/α-hetero) is 1. The third-order valence-corrected chi connectivity index (χ3v) is 3.43. The predicted molar refractivity (Wildman–Crippen MR) is 67.4 cm³/mol. The van der Waals surface area contributed by atoms with Crippen molar-refractivity contribution in [2.45, 2.75) is 32.6 Å². The van der Waals surface area contributed by atoms with Gasteiger partial charge in [-0.25, -0.2) is 0 Å². The summed E-state index contributed by atoms with van der Waals surface area (Å²) in [4.78, 5) is 11.8. The summed E-state index contributed by atoms with van der Waals surface area (Å²) in [6, 6.07) is 1.74. The summed E-state index contributed by atoms with van der Waals surface area (Å²) in [6.45, 7) is 2.82. The predicted octanol–water partition coefficient (Wildman–Crippen LogP) is 3.38. The smallest absolute Gasteiger partial charge is 0.199 e. The van der Waals surface area contributed by atoms with Crippen molar-refractivity contribution >= 4 is 21.7 Å². The summed E-state index contributed by atoms with van der Waals surface area (Å²) in [6.07, 6.45) is 5.01. The molecule has 2 N–H and O–H groups in total. The Balaban J connectivity index is 2.43. The molecule has 3 nitrogen and oxygen atoms in total. The van der Waals surface area contributed by atoms with Crippen LogP contribution in [0.2, 0.25) is 0 Å². The number of hydrogen-bond acceptors (Lipinski definition) is 3. The fourth-order valence-electron chi connectivity index (χ4n) is 1.73. The minimum absolute atomic E-state index is 0.0624. The van der Waals surface area contributed by atoms with Crippen molar-refractivity contribution in [3.8, 4) is 0 Å². The third-order valence-electron chi connectivity index (χ3n) is 2.80. The largest absolute Gasteiger partial charge is 0.460 e. The molecule has 1 unspecified atom stereocenters. The second kappa shape index (κ2) is 6.86. The molecule has 16 heavy (non-hydrogen) atoms. The highest BCUT2D eigenvalue weighted by atomic mass is 79.9. The number of ketones is 1. The standard InChI is InChI=1S/C12H18BrNO2/c1-2-9(5-7-14)3-4-11(15)12-10(13)6-8-16-12/h6,8-9H,2-5,7,14H2,1H3. The van der Waals surface area contributed by atoms with Crippen molar-refractivity contribution < 1.29 is 9.21 Å². The van der Waals surface area contributed by atoms with Crippen molar-refractivity contribution in [3.05, 3.63) is 22.6 Å². The molecule has 90 valence electrons. The van der Waals surface area contributed by atoms with Crippen molar-refractivity contribution in [2.24, 2.45) is 11.7 Å². The van der Waals surface area contributed by atoms with Crippen LogP contribution in [0.5, 0.6) is 0 Å². The summed E-state index contributed by atoms with van der Waals surface area (Å²) in [5.41, 5.74) is 5.52.